The smallest absolute Gasteiger partial charge is 0.329 e. The van der Waals surface area contributed by atoms with Crippen LogP contribution in [0.5, 0.6) is 11.5 Å². The number of nitrogens with zero attached hydrogens (tertiary/aromatic N) is 1. The van der Waals surface area contributed by atoms with Gasteiger partial charge in [-0.1, -0.05) is 27.7 Å². The second kappa shape index (κ2) is 7.59. The number of aromatic hydroxyl groups is 1. The van der Waals surface area contributed by atoms with Crippen LogP contribution in [0.15, 0.2) is 6.07 Å². The fourth-order valence-electron chi connectivity index (χ4n) is 8.12. The van der Waals surface area contributed by atoms with E-state index in [1.807, 2.05) is 0 Å². The minimum atomic E-state index is -1.39. The second-order valence-corrected chi connectivity index (χ2v) is 12.2. The molecule has 2 aliphatic heterocycles. The van der Waals surface area contributed by atoms with Crippen LogP contribution in [0.4, 0.5) is 0 Å². The Hall–Kier alpha value is -2.32. The van der Waals surface area contributed by atoms with Gasteiger partial charge in [0.1, 0.15) is 17.1 Å². The highest BCUT2D eigenvalue weighted by atomic mass is 16.5. The molecular weight excluding hydrogens is 450 g/mol. The highest BCUT2D eigenvalue weighted by Gasteiger charge is 2.67. The molecule has 1 aromatic carbocycles. The first-order valence-corrected chi connectivity index (χ1v) is 12.7. The maximum absolute atomic E-state index is 13.2. The molecule has 0 saturated heterocycles. The van der Waals surface area contributed by atoms with Crippen LogP contribution in [0.3, 0.4) is 0 Å². The summed E-state index contributed by atoms with van der Waals surface area (Å²) in [5, 5.41) is 41.6. The lowest BCUT2D eigenvalue weighted by Crippen LogP contribution is -2.66. The highest BCUT2D eigenvalue weighted by Crippen LogP contribution is 2.67. The molecule has 4 aliphatic rings. The number of benzene rings is 1. The van der Waals surface area contributed by atoms with E-state index < -0.39 is 29.6 Å². The molecule has 5 rings (SSSR count). The quantitative estimate of drug-likeness (QED) is 0.516. The number of aliphatic hydroxyl groups excluding tert-OH is 2. The molecule has 8 heteroatoms. The third-order valence-electron chi connectivity index (χ3n) is 10.2. The van der Waals surface area contributed by atoms with Gasteiger partial charge in [0.15, 0.2) is 6.04 Å². The van der Waals surface area contributed by atoms with Crippen molar-refractivity contribution < 1.29 is 34.8 Å². The number of carbonyl (C=O) groups excluding carboxylic acids is 1. The monoisotopic (exact) mass is 487 g/mol. The van der Waals surface area contributed by atoms with Gasteiger partial charge in [0.25, 0.3) is 5.91 Å². The Kier molecular flexibility index (Phi) is 5.29. The van der Waals surface area contributed by atoms with E-state index in [1.54, 1.807) is 0 Å². The van der Waals surface area contributed by atoms with E-state index in [1.165, 1.54) is 13.0 Å². The van der Waals surface area contributed by atoms with Crippen LogP contribution in [0, 0.1) is 22.7 Å². The molecule has 2 fully saturated rings. The topological polar surface area (TPSA) is 128 Å². The van der Waals surface area contributed by atoms with Gasteiger partial charge >= 0.3 is 5.97 Å². The first-order valence-electron chi connectivity index (χ1n) is 12.7. The Morgan fingerprint density at radius 1 is 1.20 bits per heavy atom. The van der Waals surface area contributed by atoms with E-state index in [-0.39, 0.29) is 46.6 Å². The molecule has 1 aromatic rings. The van der Waals surface area contributed by atoms with Gasteiger partial charge in [-0.15, -0.1) is 0 Å². The zero-order valence-electron chi connectivity index (χ0n) is 21.2. The number of aliphatic carboxylic acids is 1. The summed E-state index contributed by atoms with van der Waals surface area (Å²) >= 11 is 0. The van der Waals surface area contributed by atoms with Crippen LogP contribution in [-0.4, -0.2) is 61.1 Å². The van der Waals surface area contributed by atoms with E-state index in [0.717, 1.165) is 24.2 Å². The van der Waals surface area contributed by atoms with Crippen molar-refractivity contribution in [3.8, 4) is 11.5 Å². The third kappa shape index (κ3) is 3.05. The summed E-state index contributed by atoms with van der Waals surface area (Å²) in [6, 6.07) is 0.0426. The SMILES string of the molecule is C[C@@H]1CC[C@H]2C(C)(C)[C@H](O)CC[C@]2(C)[C@@]12Cc1c(O)cc3c(c1O2)CN([C@H](C(=O)O)[C@@H](C)O)C3=O. The van der Waals surface area contributed by atoms with Gasteiger partial charge in [0.05, 0.1) is 24.3 Å². The molecule has 0 aromatic heterocycles. The molecule has 1 spiro atoms. The first kappa shape index (κ1) is 24.4. The minimum Gasteiger partial charge on any atom is -0.508 e. The van der Waals surface area contributed by atoms with E-state index >= 15 is 0 Å². The summed E-state index contributed by atoms with van der Waals surface area (Å²) in [5.41, 5.74) is 0.349. The van der Waals surface area contributed by atoms with Crippen molar-refractivity contribution in [3.63, 3.8) is 0 Å². The highest BCUT2D eigenvalue weighted by molar-refractivity contribution is 6.02. The summed E-state index contributed by atoms with van der Waals surface area (Å²) in [7, 11) is 0. The van der Waals surface area contributed by atoms with Crippen molar-refractivity contribution >= 4 is 11.9 Å². The number of carbonyl (C=O) groups is 2. The summed E-state index contributed by atoms with van der Waals surface area (Å²) in [5.74, 6) is -0.915. The summed E-state index contributed by atoms with van der Waals surface area (Å²) in [6.07, 6.45) is 2.28. The normalized spacial score (nSPS) is 36.8. The fourth-order valence-corrected chi connectivity index (χ4v) is 8.12. The lowest BCUT2D eigenvalue weighted by molar-refractivity contribution is -0.210. The molecule has 192 valence electrons. The zero-order valence-corrected chi connectivity index (χ0v) is 21.2. The first-order chi connectivity index (χ1) is 16.3. The fraction of sp³-hybridized carbons (Fsp3) is 0.704. The summed E-state index contributed by atoms with van der Waals surface area (Å²) in [6.45, 7) is 10.1. The van der Waals surface area contributed by atoms with Gasteiger partial charge in [0.2, 0.25) is 0 Å². The van der Waals surface area contributed by atoms with Crippen LogP contribution in [-0.2, 0) is 17.8 Å². The molecule has 2 aliphatic carbocycles. The standard InChI is InChI=1S/C27H37NO7/c1-13-6-7-19-25(3,4)20(31)8-9-26(19,5)27(13)11-16-18(30)10-15-17(22(16)35-27)12-28(23(15)32)21(14(2)29)24(33)34/h10,13-14,19-21,29-31H,6-9,11-12H2,1-5H3,(H,33,34)/t13-,14-,19+,20-,21+,26+,27-/m1/s1. The second-order valence-electron chi connectivity index (χ2n) is 12.2. The van der Waals surface area contributed by atoms with Crippen LogP contribution in [0.1, 0.15) is 81.8 Å². The third-order valence-corrected chi connectivity index (χ3v) is 10.2. The molecule has 2 saturated carbocycles. The largest absolute Gasteiger partial charge is 0.508 e. The number of ether oxygens (including phenoxy) is 1. The lowest BCUT2D eigenvalue weighted by atomic mass is 9.43. The average molecular weight is 488 g/mol. The number of phenols is 1. The summed E-state index contributed by atoms with van der Waals surface area (Å²) in [4.78, 5) is 26.2. The molecule has 8 nitrogen and oxygen atoms in total. The summed E-state index contributed by atoms with van der Waals surface area (Å²) < 4.78 is 6.94. The van der Waals surface area contributed by atoms with Crippen molar-refractivity contribution in [2.75, 3.05) is 0 Å². The van der Waals surface area contributed by atoms with Gasteiger partial charge in [0, 0.05) is 23.0 Å². The molecule has 0 unspecified atom stereocenters. The van der Waals surface area contributed by atoms with Crippen molar-refractivity contribution in [2.24, 2.45) is 22.7 Å². The maximum atomic E-state index is 13.2. The van der Waals surface area contributed by atoms with Gasteiger partial charge in [-0.3, -0.25) is 4.79 Å². The lowest BCUT2D eigenvalue weighted by Gasteiger charge is -2.64. The molecular formula is C27H37NO7. The number of amides is 1. The van der Waals surface area contributed by atoms with E-state index in [4.69, 9.17) is 4.74 Å². The Bertz CT molecular complexity index is 1100. The van der Waals surface area contributed by atoms with Crippen LogP contribution >= 0.6 is 0 Å². The molecule has 4 N–H and O–H groups in total. The Labute approximate surface area is 205 Å². The molecule has 2 heterocycles. The predicted molar refractivity (Wildman–Crippen MR) is 127 cm³/mol. The Morgan fingerprint density at radius 3 is 2.51 bits per heavy atom. The van der Waals surface area contributed by atoms with Crippen LogP contribution in [0.2, 0.25) is 0 Å². The maximum Gasteiger partial charge on any atom is 0.329 e. The van der Waals surface area contributed by atoms with Crippen molar-refractivity contribution in [3.05, 3.63) is 22.8 Å². The van der Waals surface area contributed by atoms with Gasteiger partial charge in [-0.05, 0) is 55.9 Å². The number of hydrogen-bond donors (Lipinski definition) is 4. The molecule has 0 radical (unpaired) electrons. The number of fused-ring (bicyclic) bond motifs is 5. The van der Waals surface area contributed by atoms with Gasteiger partial charge in [-0.2, -0.15) is 0 Å². The molecule has 1 amide bonds. The van der Waals surface area contributed by atoms with E-state index in [9.17, 15) is 30.0 Å². The van der Waals surface area contributed by atoms with Crippen LogP contribution < -0.4 is 4.74 Å². The number of carboxylic acids is 1. The van der Waals surface area contributed by atoms with Crippen molar-refractivity contribution in [1.29, 1.82) is 0 Å². The van der Waals surface area contributed by atoms with Gasteiger partial charge < -0.3 is 30.1 Å². The zero-order chi connectivity index (χ0) is 25.7. The Morgan fingerprint density at radius 2 is 1.89 bits per heavy atom. The average Bonchev–Trinajstić information content (AvgIpc) is 3.31. The van der Waals surface area contributed by atoms with Crippen LogP contribution in [0.25, 0.3) is 0 Å². The van der Waals surface area contributed by atoms with Crippen molar-refractivity contribution in [2.45, 2.75) is 97.1 Å². The van der Waals surface area contributed by atoms with E-state index in [0.29, 0.717) is 29.7 Å². The number of hydrogen-bond acceptors (Lipinski definition) is 6. The molecule has 0 bridgehead atoms. The van der Waals surface area contributed by atoms with E-state index in [2.05, 4.69) is 27.7 Å². The van der Waals surface area contributed by atoms with Crippen molar-refractivity contribution in [1.82, 2.24) is 4.90 Å². The number of rotatable bonds is 3. The molecule has 35 heavy (non-hydrogen) atoms. The van der Waals surface area contributed by atoms with Gasteiger partial charge in [-0.25, -0.2) is 4.79 Å². The molecule has 7 atom stereocenters. The predicted octanol–water partition coefficient (Wildman–Crippen LogP) is 3.09. The Balaban J connectivity index is 1.59. The number of phenolic OH excluding ortho intramolecular Hbond substituents is 1. The minimum absolute atomic E-state index is 0.00740. The number of aliphatic hydroxyl groups is 2. The number of carboxylic acid groups (broad SMARTS) is 1.